The van der Waals surface area contributed by atoms with E-state index in [2.05, 4.69) is 31.6 Å². The number of hydrogen-bond acceptors (Lipinski definition) is 4. The summed E-state index contributed by atoms with van der Waals surface area (Å²) in [6.45, 7) is 1.86. The molecule has 0 aliphatic carbocycles. The van der Waals surface area contributed by atoms with Gasteiger partial charge < -0.3 is 10.4 Å². The van der Waals surface area contributed by atoms with Gasteiger partial charge in [0.1, 0.15) is 12.2 Å². The Hall–Kier alpha value is -2.22. The van der Waals surface area contributed by atoms with Crippen LogP contribution < -0.4 is 5.32 Å². The zero-order chi connectivity index (χ0) is 15.4. The molecule has 0 saturated carbocycles. The summed E-state index contributed by atoms with van der Waals surface area (Å²) in [4.78, 5) is 22.6. The molecule has 0 atom stereocenters. The fraction of sp³-hybridized carbons (Fsp3) is 0.231. The SMILES string of the molecule is Cc1ccc(C(=O)NCc2cn(CC(=O)O)nn2)c(Br)c1. The van der Waals surface area contributed by atoms with Crippen LogP contribution in [0.15, 0.2) is 28.9 Å². The summed E-state index contributed by atoms with van der Waals surface area (Å²) in [5.41, 5.74) is 2.07. The van der Waals surface area contributed by atoms with Crippen LogP contribution in [0.2, 0.25) is 0 Å². The predicted octanol–water partition coefficient (Wildman–Crippen LogP) is 1.36. The molecule has 0 radical (unpaired) electrons. The highest BCUT2D eigenvalue weighted by Crippen LogP contribution is 2.18. The van der Waals surface area contributed by atoms with E-state index in [0.29, 0.717) is 11.3 Å². The van der Waals surface area contributed by atoms with Crippen LogP contribution in [-0.2, 0) is 17.9 Å². The van der Waals surface area contributed by atoms with Crippen molar-refractivity contribution < 1.29 is 14.7 Å². The highest BCUT2D eigenvalue weighted by Gasteiger charge is 2.11. The minimum atomic E-state index is -1.00. The Balaban J connectivity index is 1.97. The molecule has 0 aliphatic heterocycles. The molecular weight excluding hydrogens is 340 g/mol. The Labute approximate surface area is 129 Å². The molecule has 1 heterocycles. The van der Waals surface area contributed by atoms with Gasteiger partial charge in [-0.1, -0.05) is 11.3 Å². The molecule has 0 unspecified atom stereocenters. The van der Waals surface area contributed by atoms with Crippen LogP contribution in [0, 0.1) is 6.92 Å². The second-order valence-corrected chi connectivity index (χ2v) is 5.32. The molecule has 0 saturated heterocycles. The van der Waals surface area contributed by atoms with Crippen LogP contribution in [0.4, 0.5) is 0 Å². The van der Waals surface area contributed by atoms with E-state index >= 15 is 0 Å². The minimum Gasteiger partial charge on any atom is -0.480 e. The van der Waals surface area contributed by atoms with Crippen molar-refractivity contribution in [1.82, 2.24) is 20.3 Å². The lowest BCUT2D eigenvalue weighted by Gasteiger charge is -2.06. The largest absolute Gasteiger partial charge is 0.480 e. The first kappa shape index (κ1) is 15.2. The monoisotopic (exact) mass is 352 g/mol. The van der Waals surface area contributed by atoms with Crippen molar-refractivity contribution in [2.45, 2.75) is 20.0 Å². The van der Waals surface area contributed by atoms with Crippen molar-refractivity contribution >= 4 is 27.8 Å². The molecule has 2 aromatic rings. The topological polar surface area (TPSA) is 97.1 Å². The van der Waals surface area contributed by atoms with Gasteiger partial charge in [-0.3, -0.25) is 9.59 Å². The van der Waals surface area contributed by atoms with Gasteiger partial charge >= 0.3 is 5.97 Å². The Kier molecular flexibility index (Phi) is 4.69. The lowest BCUT2D eigenvalue weighted by molar-refractivity contribution is -0.137. The summed E-state index contributed by atoms with van der Waals surface area (Å²) < 4.78 is 1.92. The van der Waals surface area contributed by atoms with E-state index in [4.69, 9.17) is 5.11 Å². The molecule has 2 N–H and O–H groups in total. The number of rotatable bonds is 5. The van der Waals surface area contributed by atoms with Gasteiger partial charge in [0.2, 0.25) is 0 Å². The molecule has 0 fully saturated rings. The molecule has 1 aromatic carbocycles. The third-order valence-electron chi connectivity index (χ3n) is 2.68. The van der Waals surface area contributed by atoms with E-state index in [9.17, 15) is 9.59 Å². The smallest absolute Gasteiger partial charge is 0.325 e. The fourth-order valence-electron chi connectivity index (χ4n) is 1.71. The van der Waals surface area contributed by atoms with Crippen LogP contribution in [0.25, 0.3) is 0 Å². The zero-order valence-electron chi connectivity index (χ0n) is 11.2. The van der Waals surface area contributed by atoms with Crippen LogP contribution in [0.5, 0.6) is 0 Å². The van der Waals surface area contributed by atoms with Crippen molar-refractivity contribution in [2.24, 2.45) is 0 Å². The molecule has 1 amide bonds. The first-order valence-electron chi connectivity index (χ1n) is 6.11. The van der Waals surface area contributed by atoms with Crippen molar-refractivity contribution in [2.75, 3.05) is 0 Å². The molecule has 110 valence electrons. The first-order valence-corrected chi connectivity index (χ1v) is 6.90. The summed E-state index contributed by atoms with van der Waals surface area (Å²) in [6, 6.07) is 5.44. The van der Waals surface area contributed by atoms with Crippen molar-refractivity contribution in [1.29, 1.82) is 0 Å². The molecule has 7 nitrogen and oxygen atoms in total. The van der Waals surface area contributed by atoms with Crippen LogP contribution in [0.3, 0.4) is 0 Å². The molecule has 2 rings (SSSR count). The summed E-state index contributed by atoms with van der Waals surface area (Å²) in [7, 11) is 0. The fourth-order valence-corrected chi connectivity index (χ4v) is 2.38. The number of aliphatic carboxylic acids is 1. The van der Waals surface area contributed by atoms with Crippen molar-refractivity contribution in [3.8, 4) is 0 Å². The maximum Gasteiger partial charge on any atom is 0.325 e. The molecule has 1 aromatic heterocycles. The van der Waals surface area contributed by atoms with Crippen molar-refractivity contribution in [3.05, 3.63) is 45.7 Å². The van der Waals surface area contributed by atoms with Gasteiger partial charge in [0.25, 0.3) is 5.91 Å². The Bertz CT molecular complexity index is 684. The summed E-state index contributed by atoms with van der Waals surface area (Å²) in [5, 5.41) is 18.8. The standard InChI is InChI=1S/C13H13BrN4O3/c1-8-2-3-10(11(14)4-8)13(21)15-5-9-6-18(17-16-9)7-12(19)20/h2-4,6H,5,7H2,1H3,(H,15,21)(H,19,20). The van der Waals surface area contributed by atoms with Crippen LogP contribution in [0.1, 0.15) is 21.6 Å². The Morgan fingerprint density at radius 1 is 1.43 bits per heavy atom. The number of amides is 1. The second-order valence-electron chi connectivity index (χ2n) is 4.47. The number of carbonyl (C=O) groups excluding carboxylic acids is 1. The van der Waals surface area contributed by atoms with Gasteiger partial charge in [0.15, 0.2) is 0 Å². The minimum absolute atomic E-state index is 0.179. The lowest BCUT2D eigenvalue weighted by atomic mass is 10.1. The molecule has 21 heavy (non-hydrogen) atoms. The number of hydrogen-bond donors (Lipinski definition) is 2. The number of nitrogens with zero attached hydrogens (tertiary/aromatic N) is 3. The molecule has 0 aliphatic rings. The van der Waals surface area contributed by atoms with Gasteiger partial charge in [0, 0.05) is 4.47 Å². The normalized spacial score (nSPS) is 10.4. The number of carbonyl (C=O) groups is 2. The van der Waals surface area contributed by atoms with Gasteiger partial charge in [0.05, 0.1) is 18.3 Å². The zero-order valence-corrected chi connectivity index (χ0v) is 12.8. The highest BCUT2D eigenvalue weighted by molar-refractivity contribution is 9.10. The molecular formula is C13H13BrN4O3. The third-order valence-corrected chi connectivity index (χ3v) is 3.34. The molecule has 8 heteroatoms. The second kappa shape index (κ2) is 6.49. The molecule has 0 bridgehead atoms. The average Bonchev–Trinajstić information content (AvgIpc) is 2.82. The predicted molar refractivity (Wildman–Crippen MR) is 77.7 cm³/mol. The van der Waals surface area contributed by atoms with E-state index in [0.717, 1.165) is 10.0 Å². The van der Waals surface area contributed by atoms with Gasteiger partial charge in [-0.15, -0.1) is 5.10 Å². The number of halogens is 1. The highest BCUT2D eigenvalue weighted by atomic mass is 79.9. The average molecular weight is 353 g/mol. The number of carboxylic acid groups (broad SMARTS) is 1. The lowest BCUT2D eigenvalue weighted by Crippen LogP contribution is -2.23. The van der Waals surface area contributed by atoms with Crippen LogP contribution in [-0.4, -0.2) is 32.0 Å². The molecule has 0 spiro atoms. The van der Waals surface area contributed by atoms with E-state index < -0.39 is 5.97 Å². The van der Waals surface area contributed by atoms with E-state index in [1.165, 1.54) is 10.9 Å². The Morgan fingerprint density at radius 2 is 2.19 bits per heavy atom. The van der Waals surface area contributed by atoms with Gasteiger partial charge in [-0.05, 0) is 40.5 Å². The van der Waals surface area contributed by atoms with E-state index in [-0.39, 0.29) is 19.0 Å². The van der Waals surface area contributed by atoms with E-state index in [1.54, 1.807) is 6.07 Å². The first-order chi connectivity index (χ1) is 9.95. The van der Waals surface area contributed by atoms with Gasteiger partial charge in [-0.2, -0.15) is 0 Å². The summed E-state index contributed by atoms with van der Waals surface area (Å²) >= 11 is 3.35. The summed E-state index contributed by atoms with van der Waals surface area (Å²) in [5.74, 6) is -1.24. The van der Waals surface area contributed by atoms with E-state index in [1.807, 2.05) is 19.1 Å². The van der Waals surface area contributed by atoms with Gasteiger partial charge in [-0.25, -0.2) is 4.68 Å². The van der Waals surface area contributed by atoms with Crippen molar-refractivity contribution in [3.63, 3.8) is 0 Å². The Morgan fingerprint density at radius 3 is 2.86 bits per heavy atom. The number of nitrogens with one attached hydrogen (secondary N) is 1. The maximum absolute atomic E-state index is 12.0. The number of carboxylic acids is 1. The number of aryl methyl sites for hydroxylation is 1. The maximum atomic E-state index is 12.0. The third kappa shape index (κ3) is 4.12. The summed E-state index contributed by atoms with van der Waals surface area (Å²) in [6.07, 6.45) is 1.48. The quantitative estimate of drug-likeness (QED) is 0.846. The number of aromatic nitrogens is 3. The number of benzene rings is 1. The van der Waals surface area contributed by atoms with Crippen LogP contribution >= 0.6 is 15.9 Å².